The van der Waals surface area contributed by atoms with Crippen molar-refractivity contribution in [2.45, 2.75) is 74.5 Å². The summed E-state index contributed by atoms with van der Waals surface area (Å²) in [5, 5.41) is 22.3. The van der Waals surface area contributed by atoms with Crippen LogP contribution in [0.25, 0.3) is 0 Å². The molecule has 5 rings (SSSR count). The van der Waals surface area contributed by atoms with Crippen molar-refractivity contribution in [2.75, 3.05) is 6.61 Å². The zero-order valence-corrected chi connectivity index (χ0v) is 15.8. The van der Waals surface area contributed by atoms with Crippen molar-refractivity contribution in [1.29, 1.82) is 0 Å². The highest BCUT2D eigenvalue weighted by Gasteiger charge is 2.79. The van der Waals surface area contributed by atoms with E-state index in [2.05, 4.69) is 6.58 Å². The molecule has 28 heavy (non-hydrogen) atoms. The fourth-order valence-electron chi connectivity index (χ4n) is 5.00. The molecule has 2 N–H and O–H groups in total. The first-order valence-electron chi connectivity index (χ1n) is 9.59. The van der Waals surface area contributed by atoms with Crippen LogP contribution in [0, 0.1) is 5.92 Å². The van der Waals surface area contributed by atoms with Gasteiger partial charge in [0.1, 0.15) is 24.4 Å². The average Bonchev–Trinajstić information content (AvgIpc) is 3.50. The van der Waals surface area contributed by atoms with Crippen LogP contribution in [0.1, 0.15) is 33.1 Å². The van der Waals surface area contributed by atoms with Crippen LogP contribution >= 0.6 is 0 Å². The first kappa shape index (κ1) is 18.4. The Morgan fingerprint density at radius 3 is 2.64 bits per heavy atom. The Labute approximate surface area is 162 Å². The van der Waals surface area contributed by atoms with Crippen molar-refractivity contribution in [3.8, 4) is 0 Å². The minimum absolute atomic E-state index is 0.0464. The van der Waals surface area contributed by atoms with Crippen molar-refractivity contribution in [3.05, 3.63) is 23.8 Å². The van der Waals surface area contributed by atoms with E-state index in [9.17, 15) is 19.8 Å². The van der Waals surface area contributed by atoms with E-state index < -0.39 is 53.3 Å². The summed E-state index contributed by atoms with van der Waals surface area (Å²) < 4.78 is 22.7. The van der Waals surface area contributed by atoms with Crippen molar-refractivity contribution in [3.63, 3.8) is 0 Å². The number of hydrogen-bond acceptors (Lipinski definition) is 8. The molecule has 5 aliphatic heterocycles. The summed E-state index contributed by atoms with van der Waals surface area (Å²) in [5.41, 5.74) is -1.15. The Morgan fingerprint density at radius 1 is 1.29 bits per heavy atom. The summed E-state index contributed by atoms with van der Waals surface area (Å²) in [4.78, 5) is 25.2. The van der Waals surface area contributed by atoms with Crippen LogP contribution in [-0.2, 0) is 28.5 Å². The number of rotatable bonds is 1. The monoisotopic (exact) mass is 392 g/mol. The molecule has 4 bridgehead atoms. The predicted molar refractivity (Wildman–Crippen MR) is 92.9 cm³/mol. The van der Waals surface area contributed by atoms with Crippen LogP contribution in [0.2, 0.25) is 0 Å². The number of esters is 1. The van der Waals surface area contributed by atoms with Gasteiger partial charge in [-0.3, -0.25) is 4.79 Å². The molecule has 4 fully saturated rings. The lowest BCUT2D eigenvalue weighted by molar-refractivity contribution is -0.306. The van der Waals surface area contributed by atoms with Gasteiger partial charge in [-0.25, -0.2) is 4.79 Å². The second-order valence-corrected chi connectivity index (χ2v) is 8.91. The first-order valence-corrected chi connectivity index (χ1v) is 9.59. The van der Waals surface area contributed by atoms with Crippen LogP contribution in [0.3, 0.4) is 0 Å². The summed E-state index contributed by atoms with van der Waals surface area (Å²) in [5.74, 6) is -3.51. The molecule has 0 spiro atoms. The topological polar surface area (TPSA) is 118 Å². The van der Waals surface area contributed by atoms with E-state index in [1.165, 1.54) is 6.08 Å². The molecule has 8 nitrogen and oxygen atoms in total. The molecule has 0 saturated carbocycles. The Balaban J connectivity index is 1.60. The first-order chi connectivity index (χ1) is 13.1. The zero-order valence-electron chi connectivity index (χ0n) is 15.8. The van der Waals surface area contributed by atoms with E-state index >= 15 is 0 Å². The third kappa shape index (κ3) is 2.35. The molecule has 0 aromatic carbocycles. The van der Waals surface area contributed by atoms with Crippen molar-refractivity contribution in [1.82, 2.24) is 0 Å². The number of carbonyl (C=O) groups is 2. The molecule has 0 amide bonds. The molecular formula is C20H24O8. The van der Waals surface area contributed by atoms with Gasteiger partial charge in [-0.2, -0.15) is 0 Å². The van der Waals surface area contributed by atoms with Gasteiger partial charge < -0.3 is 29.2 Å². The molecule has 4 saturated heterocycles. The Kier molecular flexibility index (Phi) is 3.63. The number of ketones is 1. The maximum Gasteiger partial charge on any atom is 0.344 e. The number of carbonyl (C=O) groups excluding carboxylic acids is 2. The number of aliphatic hydroxyl groups is 2. The summed E-state index contributed by atoms with van der Waals surface area (Å²) in [7, 11) is 0. The molecule has 0 aromatic rings. The smallest absolute Gasteiger partial charge is 0.344 e. The van der Waals surface area contributed by atoms with Crippen LogP contribution in [0.5, 0.6) is 0 Å². The highest BCUT2D eigenvalue weighted by atomic mass is 16.7. The Bertz CT molecular complexity index is 813. The number of allylic oxidation sites excluding steroid dienone is 1. The molecule has 152 valence electrons. The summed E-state index contributed by atoms with van der Waals surface area (Å²) >= 11 is 0. The largest absolute Gasteiger partial charge is 0.457 e. The van der Waals surface area contributed by atoms with Crippen molar-refractivity contribution in [2.24, 2.45) is 5.92 Å². The molecular weight excluding hydrogens is 368 g/mol. The number of epoxide rings is 2. The molecule has 8 atom stereocenters. The third-order valence-corrected chi connectivity index (χ3v) is 6.86. The van der Waals surface area contributed by atoms with Crippen LogP contribution in [0.4, 0.5) is 0 Å². The Morgan fingerprint density at radius 2 is 2.00 bits per heavy atom. The summed E-state index contributed by atoms with van der Waals surface area (Å²) in [6.07, 6.45) is -1.30. The minimum atomic E-state index is -2.19. The van der Waals surface area contributed by atoms with E-state index in [1.807, 2.05) is 6.92 Å². The standard InChI is InChI=1S/C20H24O8/c1-9-4-11(21)6-10(2)20(24)15(22)12(18(3)8-25-18)7-14(27-20)19-16(28-19)13(5-9)26-17(19)23/h4,12-16,22,24H,2,5-8H2,1,3H3. The quantitative estimate of drug-likeness (QED) is 0.368. The SMILES string of the molecule is C=C1CC(=O)C=C(C)CC2OC(=O)C3(OC23)C2CC(C3(C)CO3)C(O)C1(O)O2. The average molecular weight is 392 g/mol. The summed E-state index contributed by atoms with van der Waals surface area (Å²) in [6.45, 7) is 7.88. The maximum atomic E-state index is 12.7. The second kappa shape index (κ2) is 5.52. The van der Waals surface area contributed by atoms with E-state index in [0.717, 1.165) is 5.57 Å². The normalized spacial score (nSPS) is 52.8. The molecule has 5 aliphatic rings. The van der Waals surface area contributed by atoms with Crippen LogP contribution in [0.15, 0.2) is 23.8 Å². The second-order valence-electron chi connectivity index (χ2n) is 8.91. The highest BCUT2D eigenvalue weighted by Crippen LogP contribution is 2.58. The van der Waals surface area contributed by atoms with Gasteiger partial charge in [0.25, 0.3) is 0 Å². The fourth-order valence-corrected chi connectivity index (χ4v) is 5.00. The van der Waals surface area contributed by atoms with Gasteiger partial charge in [-0.15, -0.1) is 0 Å². The van der Waals surface area contributed by atoms with Gasteiger partial charge >= 0.3 is 5.97 Å². The van der Waals surface area contributed by atoms with Gasteiger partial charge in [0.15, 0.2) is 5.78 Å². The molecule has 5 heterocycles. The van der Waals surface area contributed by atoms with Gasteiger partial charge in [0, 0.05) is 18.8 Å². The molecule has 0 aromatic heterocycles. The van der Waals surface area contributed by atoms with Crippen molar-refractivity contribution < 1.29 is 38.7 Å². The number of fused-ring (bicyclic) bond motifs is 2. The fraction of sp³-hybridized carbons (Fsp3) is 0.700. The predicted octanol–water partition coefficient (Wildman–Crippen LogP) is 0.158. The van der Waals surface area contributed by atoms with Gasteiger partial charge in [0.05, 0.1) is 12.2 Å². The van der Waals surface area contributed by atoms with Gasteiger partial charge in [-0.1, -0.05) is 12.2 Å². The van der Waals surface area contributed by atoms with E-state index in [-0.39, 0.29) is 24.2 Å². The maximum absolute atomic E-state index is 12.7. The van der Waals surface area contributed by atoms with Gasteiger partial charge in [0.2, 0.25) is 11.4 Å². The number of ether oxygens (including phenoxy) is 4. The zero-order chi connectivity index (χ0) is 20.1. The van der Waals surface area contributed by atoms with Crippen molar-refractivity contribution >= 4 is 11.8 Å². The van der Waals surface area contributed by atoms with Crippen LogP contribution < -0.4 is 0 Å². The number of hydrogen-bond donors (Lipinski definition) is 2. The molecule has 0 radical (unpaired) electrons. The van der Waals surface area contributed by atoms with E-state index in [0.29, 0.717) is 13.0 Å². The minimum Gasteiger partial charge on any atom is -0.457 e. The molecule has 8 heteroatoms. The lowest BCUT2D eigenvalue weighted by Crippen LogP contribution is -2.63. The van der Waals surface area contributed by atoms with E-state index in [4.69, 9.17) is 18.9 Å². The van der Waals surface area contributed by atoms with Gasteiger partial charge in [-0.05, 0) is 31.9 Å². The van der Waals surface area contributed by atoms with E-state index in [1.54, 1.807) is 6.92 Å². The number of aliphatic hydroxyl groups excluding tert-OH is 1. The lowest BCUT2D eigenvalue weighted by atomic mass is 9.73. The Hall–Kier alpha value is -1.58. The van der Waals surface area contributed by atoms with Crippen LogP contribution in [-0.4, -0.2) is 70.0 Å². The highest BCUT2D eigenvalue weighted by molar-refractivity contribution is 5.92. The molecule has 0 aliphatic carbocycles. The lowest BCUT2D eigenvalue weighted by Gasteiger charge is -2.47. The molecule has 8 unspecified atom stereocenters. The summed E-state index contributed by atoms with van der Waals surface area (Å²) in [6, 6.07) is 0. The third-order valence-electron chi connectivity index (χ3n) is 6.86.